The average molecular weight is 340 g/mol. The summed E-state index contributed by atoms with van der Waals surface area (Å²) in [4.78, 5) is 17.8. The molecule has 5 heteroatoms. The molecule has 0 aliphatic carbocycles. The Kier molecular flexibility index (Phi) is 5.12. The van der Waals surface area contributed by atoms with Crippen molar-refractivity contribution < 1.29 is 13.9 Å². The molecule has 2 aromatic rings. The Morgan fingerprint density at radius 3 is 2.76 bits per heavy atom. The van der Waals surface area contributed by atoms with E-state index in [1.165, 1.54) is 12.3 Å². The fourth-order valence-electron chi connectivity index (χ4n) is 3.05. The van der Waals surface area contributed by atoms with Crippen molar-refractivity contribution in [3.63, 3.8) is 0 Å². The van der Waals surface area contributed by atoms with E-state index in [9.17, 15) is 9.18 Å². The normalized spacial score (nSPS) is 18.6. The van der Waals surface area contributed by atoms with Gasteiger partial charge in [0, 0.05) is 31.1 Å². The zero-order chi connectivity index (χ0) is 17.8. The van der Waals surface area contributed by atoms with E-state index in [-0.39, 0.29) is 24.1 Å². The number of aromatic nitrogens is 1. The van der Waals surface area contributed by atoms with Crippen LogP contribution in [0.1, 0.15) is 31.4 Å². The molecule has 1 saturated heterocycles. The number of rotatable bonds is 5. The van der Waals surface area contributed by atoms with E-state index in [2.05, 4.69) is 11.6 Å². The molecule has 0 N–H and O–H groups in total. The van der Waals surface area contributed by atoms with Gasteiger partial charge in [0.05, 0.1) is 12.2 Å². The van der Waals surface area contributed by atoms with Crippen molar-refractivity contribution in [1.82, 2.24) is 9.88 Å². The molecule has 130 valence electrons. The molecule has 0 radical (unpaired) electrons. The van der Waals surface area contributed by atoms with E-state index in [1.807, 2.05) is 31.2 Å². The molecule has 0 unspecified atom stereocenters. The summed E-state index contributed by atoms with van der Waals surface area (Å²) >= 11 is 0. The fraction of sp³-hybridized carbons (Fsp3) is 0.300. The minimum absolute atomic E-state index is 0.0729. The van der Waals surface area contributed by atoms with Gasteiger partial charge in [0.25, 0.3) is 0 Å². The highest BCUT2D eigenvalue weighted by Crippen LogP contribution is 2.28. The zero-order valence-corrected chi connectivity index (χ0v) is 14.2. The Morgan fingerprint density at radius 2 is 2.12 bits per heavy atom. The number of carbonyl (C=O) groups is 1. The summed E-state index contributed by atoms with van der Waals surface area (Å²) < 4.78 is 18.8. The summed E-state index contributed by atoms with van der Waals surface area (Å²) in [5, 5.41) is 0. The number of pyridine rings is 1. The topological polar surface area (TPSA) is 42.4 Å². The van der Waals surface area contributed by atoms with Crippen molar-refractivity contribution in [2.45, 2.75) is 31.9 Å². The number of hydrogen-bond donors (Lipinski definition) is 0. The third kappa shape index (κ3) is 3.87. The molecule has 1 aromatic carbocycles. The van der Waals surface area contributed by atoms with Gasteiger partial charge in [-0.2, -0.15) is 0 Å². The minimum Gasteiger partial charge on any atom is -0.446 e. The molecule has 3 rings (SSSR count). The number of benzene rings is 1. The van der Waals surface area contributed by atoms with E-state index in [4.69, 9.17) is 4.74 Å². The Morgan fingerprint density at radius 1 is 1.36 bits per heavy atom. The first-order valence-electron chi connectivity index (χ1n) is 8.37. The van der Waals surface area contributed by atoms with Gasteiger partial charge in [-0.1, -0.05) is 30.3 Å². The van der Waals surface area contributed by atoms with Crippen LogP contribution in [0.3, 0.4) is 0 Å². The van der Waals surface area contributed by atoms with Gasteiger partial charge in [-0.3, -0.25) is 4.98 Å². The molecule has 0 spiro atoms. The van der Waals surface area contributed by atoms with Crippen LogP contribution in [0.15, 0.2) is 55.4 Å². The summed E-state index contributed by atoms with van der Waals surface area (Å²) in [6.45, 7) is 6.33. The predicted molar refractivity (Wildman–Crippen MR) is 94.5 cm³/mol. The number of hydrogen-bond acceptors (Lipinski definition) is 3. The summed E-state index contributed by atoms with van der Waals surface area (Å²) in [5.41, 5.74) is 2.62. The fourth-order valence-corrected chi connectivity index (χ4v) is 3.05. The van der Waals surface area contributed by atoms with Crippen LogP contribution in [-0.4, -0.2) is 28.6 Å². The van der Waals surface area contributed by atoms with Crippen LogP contribution in [0.2, 0.25) is 0 Å². The Labute approximate surface area is 146 Å². The number of carbonyl (C=O) groups excluding carboxylic acids is 1. The van der Waals surface area contributed by atoms with Crippen molar-refractivity contribution >= 4 is 6.09 Å². The van der Waals surface area contributed by atoms with Crippen LogP contribution in [0.4, 0.5) is 9.18 Å². The first-order valence-corrected chi connectivity index (χ1v) is 8.37. The average Bonchev–Trinajstić information content (AvgIpc) is 2.62. The predicted octanol–water partition coefficient (Wildman–Crippen LogP) is 4.74. The second-order valence-electron chi connectivity index (χ2n) is 6.20. The van der Waals surface area contributed by atoms with Gasteiger partial charge in [-0.25, -0.2) is 9.18 Å². The Bertz CT molecular complexity index is 761. The monoisotopic (exact) mass is 340 g/mol. The van der Waals surface area contributed by atoms with E-state index in [0.717, 1.165) is 23.1 Å². The van der Waals surface area contributed by atoms with Crippen LogP contribution in [0, 0.1) is 5.82 Å². The Balaban J connectivity index is 1.72. The second kappa shape index (κ2) is 7.47. The standard InChI is InChI=1S/C20H21FN2O2/c1-3-4-19-9-10-23(20(24)25-19)14(2)15-5-7-16(8-6-15)17-11-18(21)13-22-12-17/h3,5-8,11-14,19H,1,4,9-10H2,2H3/t14-,19+/m0/s1. The summed E-state index contributed by atoms with van der Waals surface area (Å²) in [6, 6.07) is 9.10. The number of halogens is 1. The smallest absolute Gasteiger partial charge is 0.410 e. The molecule has 2 heterocycles. The van der Waals surface area contributed by atoms with Gasteiger partial charge < -0.3 is 9.64 Å². The van der Waals surface area contributed by atoms with Crippen LogP contribution in [0.5, 0.6) is 0 Å². The first kappa shape index (κ1) is 17.1. The molecule has 2 atom stereocenters. The maximum Gasteiger partial charge on any atom is 0.410 e. The van der Waals surface area contributed by atoms with E-state index in [0.29, 0.717) is 13.0 Å². The SMILES string of the molecule is C=CC[C@@H]1CCN([C@@H](C)c2ccc(-c3cncc(F)c3)cc2)C(=O)O1. The quantitative estimate of drug-likeness (QED) is 0.739. The van der Waals surface area contributed by atoms with Crippen molar-refractivity contribution in [3.8, 4) is 11.1 Å². The second-order valence-corrected chi connectivity index (χ2v) is 6.20. The molecule has 1 fully saturated rings. The zero-order valence-electron chi connectivity index (χ0n) is 14.2. The first-order chi connectivity index (χ1) is 12.1. The highest BCUT2D eigenvalue weighted by Gasteiger charge is 2.30. The number of amides is 1. The lowest BCUT2D eigenvalue weighted by molar-refractivity contribution is 0.0146. The van der Waals surface area contributed by atoms with Gasteiger partial charge in [0.1, 0.15) is 11.9 Å². The highest BCUT2D eigenvalue weighted by molar-refractivity contribution is 5.69. The third-order valence-corrected chi connectivity index (χ3v) is 4.52. The summed E-state index contributed by atoms with van der Waals surface area (Å²) in [6.07, 6.45) is 5.71. The molecule has 1 aliphatic rings. The number of cyclic esters (lactones) is 1. The van der Waals surface area contributed by atoms with Crippen LogP contribution >= 0.6 is 0 Å². The molecule has 1 aromatic heterocycles. The summed E-state index contributed by atoms with van der Waals surface area (Å²) in [5.74, 6) is -0.361. The maximum atomic E-state index is 13.3. The van der Waals surface area contributed by atoms with Crippen molar-refractivity contribution in [3.05, 3.63) is 66.8 Å². The largest absolute Gasteiger partial charge is 0.446 e. The molecular weight excluding hydrogens is 319 g/mol. The molecule has 1 amide bonds. The van der Waals surface area contributed by atoms with E-state index >= 15 is 0 Å². The van der Waals surface area contributed by atoms with E-state index < -0.39 is 0 Å². The lowest BCUT2D eigenvalue weighted by Gasteiger charge is -2.35. The van der Waals surface area contributed by atoms with Crippen LogP contribution < -0.4 is 0 Å². The van der Waals surface area contributed by atoms with Crippen molar-refractivity contribution in [1.29, 1.82) is 0 Å². The molecule has 0 saturated carbocycles. The maximum absolute atomic E-state index is 13.3. The summed E-state index contributed by atoms with van der Waals surface area (Å²) in [7, 11) is 0. The van der Waals surface area contributed by atoms with Gasteiger partial charge in [0.2, 0.25) is 0 Å². The molecule has 0 bridgehead atoms. The van der Waals surface area contributed by atoms with Crippen LogP contribution in [-0.2, 0) is 4.74 Å². The lowest BCUT2D eigenvalue weighted by Crippen LogP contribution is -2.43. The Hall–Kier alpha value is -2.69. The highest BCUT2D eigenvalue weighted by atomic mass is 19.1. The molecule has 4 nitrogen and oxygen atoms in total. The lowest BCUT2D eigenvalue weighted by atomic mass is 10.0. The van der Waals surface area contributed by atoms with Gasteiger partial charge in [-0.05, 0) is 24.1 Å². The van der Waals surface area contributed by atoms with Gasteiger partial charge in [0.15, 0.2) is 0 Å². The molecule has 25 heavy (non-hydrogen) atoms. The van der Waals surface area contributed by atoms with E-state index in [1.54, 1.807) is 17.2 Å². The van der Waals surface area contributed by atoms with Gasteiger partial charge >= 0.3 is 6.09 Å². The molecule has 1 aliphatic heterocycles. The number of ether oxygens (including phenoxy) is 1. The van der Waals surface area contributed by atoms with Gasteiger partial charge in [-0.15, -0.1) is 6.58 Å². The van der Waals surface area contributed by atoms with Crippen molar-refractivity contribution in [2.75, 3.05) is 6.54 Å². The van der Waals surface area contributed by atoms with Crippen molar-refractivity contribution in [2.24, 2.45) is 0 Å². The number of nitrogens with zero attached hydrogens (tertiary/aromatic N) is 2. The third-order valence-electron chi connectivity index (χ3n) is 4.52. The van der Waals surface area contributed by atoms with Crippen LogP contribution in [0.25, 0.3) is 11.1 Å². The molecular formula is C20H21FN2O2. The minimum atomic E-state index is -0.361.